The summed E-state index contributed by atoms with van der Waals surface area (Å²) in [5, 5.41) is 0.739. The van der Waals surface area contributed by atoms with E-state index >= 15 is 0 Å². The third kappa shape index (κ3) is 1.84. The fourth-order valence-corrected chi connectivity index (χ4v) is 3.16. The van der Waals surface area contributed by atoms with Crippen molar-refractivity contribution in [3.8, 4) is 0 Å². The molecule has 0 amide bonds. The number of fused-ring (bicyclic) bond motifs is 3. The van der Waals surface area contributed by atoms with Crippen LogP contribution in [0.1, 0.15) is 18.4 Å². The van der Waals surface area contributed by atoms with E-state index in [2.05, 4.69) is 26.5 Å². The van der Waals surface area contributed by atoms with Crippen molar-refractivity contribution >= 4 is 16.6 Å². The number of aromatic nitrogens is 2. The average molecular weight is 267 g/mol. The van der Waals surface area contributed by atoms with Gasteiger partial charge in [0.1, 0.15) is 5.65 Å². The molecule has 0 unspecified atom stereocenters. The highest BCUT2D eigenvalue weighted by Crippen LogP contribution is 2.18. The first-order chi connectivity index (χ1) is 9.81. The van der Waals surface area contributed by atoms with E-state index in [0.717, 1.165) is 23.1 Å². The van der Waals surface area contributed by atoms with E-state index in [1.165, 1.54) is 31.5 Å². The van der Waals surface area contributed by atoms with Crippen LogP contribution in [0.15, 0.2) is 41.3 Å². The van der Waals surface area contributed by atoms with Gasteiger partial charge in [0.15, 0.2) is 0 Å². The summed E-state index contributed by atoms with van der Waals surface area (Å²) in [5.74, 6) is 0. The summed E-state index contributed by atoms with van der Waals surface area (Å²) >= 11 is 0. The molecule has 1 N–H and O–H groups in total. The number of rotatable bonds is 2. The molecule has 0 radical (unpaired) electrons. The predicted octanol–water partition coefficient (Wildman–Crippen LogP) is 2.38. The van der Waals surface area contributed by atoms with Crippen molar-refractivity contribution in [3.05, 3.63) is 52.4 Å². The molecule has 4 rings (SSSR count). The lowest BCUT2D eigenvalue weighted by atomic mass is 10.2. The molecule has 4 nitrogen and oxygen atoms in total. The number of benzene rings is 1. The molecule has 3 aromatic rings. The van der Waals surface area contributed by atoms with Crippen LogP contribution < -0.4 is 5.56 Å². The van der Waals surface area contributed by atoms with Crippen LogP contribution in [0.5, 0.6) is 0 Å². The van der Waals surface area contributed by atoms with Crippen molar-refractivity contribution in [2.24, 2.45) is 0 Å². The van der Waals surface area contributed by atoms with Crippen LogP contribution in [-0.4, -0.2) is 27.4 Å². The van der Waals surface area contributed by atoms with Crippen LogP contribution in [0.4, 0.5) is 0 Å². The fraction of sp³-hybridized carbons (Fsp3) is 0.312. The third-order valence-corrected chi connectivity index (χ3v) is 4.13. The molecule has 2 aromatic heterocycles. The number of para-hydroxylation sites is 1. The van der Waals surface area contributed by atoms with Crippen molar-refractivity contribution in [3.63, 3.8) is 0 Å². The minimum atomic E-state index is -0.0149. The van der Waals surface area contributed by atoms with E-state index in [1.54, 1.807) is 0 Å². The van der Waals surface area contributed by atoms with Gasteiger partial charge in [0.25, 0.3) is 5.56 Å². The molecule has 0 aliphatic carbocycles. The number of aromatic amines is 1. The van der Waals surface area contributed by atoms with Crippen molar-refractivity contribution in [1.29, 1.82) is 0 Å². The van der Waals surface area contributed by atoms with E-state index in [9.17, 15) is 4.79 Å². The molecule has 3 heterocycles. The van der Waals surface area contributed by atoms with Gasteiger partial charge in [-0.05, 0) is 49.7 Å². The molecule has 0 bridgehead atoms. The van der Waals surface area contributed by atoms with Gasteiger partial charge in [0.05, 0.1) is 10.9 Å². The number of H-pyrrole nitrogens is 1. The monoisotopic (exact) mass is 267 g/mol. The number of nitrogens with zero attached hydrogens (tertiary/aromatic N) is 2. The molecule has 0 spiro atoms. The summed E-state index contributed by atoms with van der Waals surface area (Å²) in [6.45, 7) is 3.34. The lowest BCUT2D eigenvalue weighted by molar-refractivity contribution is 0.331. The third-order valence-electron chi connectivity index (χ3n) is 4.13. The lowest BCUT2D eigenvalue weighted by Gasteiger charge is -2.12. The van der Waals surface area contributed by atoms with Gasteiger partial charge in [-0.3, -0.25) is 9.69 Å². The zero-order valence-corrected chi connectivity index (χ0v) is 11.3. The number of likely N-dealkylation sites (tertiary alicyclic amines) is 1. The normalized spacial score (nSPS) is 16.4. The van der Waals surface area contributed by atoms with Crippen molar-refractivity contribution in [2.45, 2.75) is 19.4 Å². The van der Waals surface area contributed by atoms with Crippen LogP contribution in [0.2, 0.25) is 0 Å². The zero-order chi connectivity index (χ0) is 13.5. The molecular formula is C16H17N3O. The van der Waals surface area contributed by atoms with Crippen LogP contribution >= 0.6 is 0 Å². The maximum Gasteiger partial charge on any atom is 0.258 e. The molecule has 1 fully saturated rings. The molecule has 1 aliphatic rings. The average Bonchev–Trinajstić information content (AvgIpc) is 3.09. The highest BCUT2D eigenvalue weighted by atomic mass is 16.1. The van der Waals surface area contributed by atoms with Gasteiger partial charge in [0.2, 0.25) is 0 Å². The molecule has 102 valence electrons. The Kier molecular flexibility index (Phi) is 2.63. The second kappa shape index (κ2) is 4.49. The second-order valence-corrected chi connectivity index (χ2v) is 5.56. The van der Waals surface area contributed by atoms with Crippen molar-refractivity contribution in [1.82, 2.24) is 14.3 Å². The Hall–Kier alpha value is -2.07. The van der Waals surface area contributed by atoms with Crippen LogP contribution in [-0.2, 0) is 6.54 Å². The Morgan fingerprint density at radius 2 is 1.95 bits per heavy atom. The number of hydrogen-bond acceptors (Lipinski definition) is 2. The maximum absolute atomic E-state index is 12.1. The zero-order valence-electron chi connectivity index (χ0n) is 11.3. The van der Waals surface area contributed by atoms with E-state index < -0.39 is 0 Å². The number of hydrogen-bond donors (Lipinski definition) is 1. The molecule has 1 saturated heterocycles. The second-order valence-electron chi connectivity index (χ2n) is 5.56. The first-order valence-electron chi connectivity index (χ1n) is 7.16. The maximum atomic E-state index is 12.1. The van der Waals surface area contributed by atoms with Gasteiger partial charge in [-0.1, -0.05) is 12.1 Å². The van der Waals surface area contributed by atoms with Crippen LogP contribution in [0, 0.1) is 0 Å². The van der Waals surface area contributed by atoms with E-state index in [1.807, 2.05) is 24.3 Å². The van der Waals surface area contributed by atoms with Gasteiger partial charge in [0, 0.05) is 12.7 Å². The minimum Gasteiger partial charge on any atom is -0.308 e. The quantitative estimate of drug-likeness (QED) is 0.774. The first-order valence-corrected chi connectivity index (χ1v) is 7.16. The summed E-state index contributed by atoms with van der Waals surface area (Å²) in [6, 6.07) is 9.83. The Balaban J connectivity index is 1.85. The Labute approximate surface area is 116 Å². The molecule has 20 heavy (non-hydrogen) atoms. The van der Waals surface area contributed by atoms with Gasteiger partial charge in [-0.2, -0.15) is 0 Å². The lowest BCUT2D eigenvalue weighted by Crippen LogP contribution is -2.17. The van der Waals surface area contributed by atoms with Crippen LogP contribution in [0.25, 0.3) is 16.6 Å². The van der Waals surface area contributed by atoms with Gasteiger partial charge >= 0.3 is 0 Å². The highest BCUT2D eigenvalue weighted by Gasteiger charge is 2.13. The fourth-order valence-electron chi connectivity index (χ4n) is 3.16. The molecule has 4 heteroatoms. The SMILES string of the molecule is O=c1[nH]c2cc(CN3CCCC3)cn2c2ccccc12. The summed E-state index contributed by atoms with van der Waals surface area (Å²) < 4.78 is 2.09. The van der Waals surface area contributed by atoms with E-state index in [-0.39, 0.29) is 5.56 Å². The molecule has 0 atom stereocenters. The molecule has 1 aromatic carbocycles. The standard InChI is InChI=1S/C16H17N3O/c20-16-13-5-1-2-6-14(13)19-11-12(9-15(19)17-16)10-18-7-3-4-8-18/h1-2,5-6,9,11H,3-4,7-8,10H2,(H,17,20). The molecular weight excluding hydrogens is 250 g/mol. The van der Waals surface area contributed by atoms with Gasteiger partial charge < -0.3 is 9.38 Å². The largest absolute Gasteiger partial charge is 0.308 e. The van der Waals surface area contributed by atoms with Crippen LogP contribution in [0.3, 0.4) is 0 Å². The van der Waals surface area contributed by atoms with Gasteiger partial charge in [-0.25, -0.2) is 0 Å². The summed E-state index contributed by atoms with van der Waals surface area (Å²) in [5.41, 5.74) is 3.10. The topological polar surface area (TPSA) is 40.5 Å². The molecule has 1 aliphatic heterocycles. The Morgan fingerprint density at radius 1 is 1.15 bits per heavy atom. The predicted molar refractivity (Wildman–Crippen MR) is 80.0 cm³/mol. The first kappa shape index (κ1) is 11.7. The van der Waals surface area contributed by atoms with E-state index in [4.69, 9.17) is 0 Å². The smallest absolute Gasteiger partial charge is 0.258 e. The van der Waals surface area contributed by atoms with Gasteiger partial charge in [-0.15, -0.1) is 0 Å². The van der Waals surface area contributed by atoms with Crippen molar-refractivity contribution < 1.29 is 0 Å². The minimum absolute atomic E-state index is 0.0149. The highest BCUT2D eigenvalue weighted by molar-refractivity contribution is 5.80. The Morgan fingerprint density at radius 3 is 2.80 bits per heavy atom. The summed E-state index contributed by atoms with van der Waals surface area (Å²) in [7, 11) is 0. The molecule has 0 saturated carbocycles. The Bertz CT molecular complexity index is 824. The van der Waals surface area contributed by atoms with Crippen molar-refractivity contribution in [2.75, 3.05) is 13.1 Å². The van der Waals surface area contributed by atoms with E-state index in [0.29, 0.717) is 0 Å². The summed E-state index contributed by atoms with van der Waals surface area (Å²) in [4.78, 5) is 17.5. The number of nitrogens with one attached hydrogen (secondary N) is 1. The summed E-state index contributed by atoms with van der Waals surface area (Å²) in [6.07, 6.45) is 4.74.